The maximum absolute atomic E-state index is 12.4. The van der Waals surface area contributed by atoms with E-state index >= 15 is 0 Å². The standard InChI is InChI=1S/C15H14BrNOS2/c1-9-8-13(20-14(9)16)15(18)17-11-6-7-19-12-5-3-2-4-10(11)12/h2-5,8,11H,6-7H2,1H3,(H,17,18). The van der Waals surface area contributed by atoms with E-state index in [9.17, 15) is 4.79 Å². The van der Waals surface area contributed by atoms with E-state index in [0.717, 1.165) is 26.4 Å². The Hall–Kier alpha value is -0.780. The van der Waals surface area contributed by atoms with E-state index in [4.69, 9.17) is 0 Å². The van der Waals surface area contributed by atoms with Crippen molar-refractivity contribution >= 4 is 44.9 Å². The first kappa shape index (κ1) is 14.2. The number of hydrogen-bond donors (Lipinski definition) is 1. The first-order valence-electron chi connectivity index (χ1n) is 6.43. The van der Waals surface area contributed by atoms with E-state index in [1.807, 2.05) is 30.8 Å². The molecule has 2 heterocycles. The Morgan fingerprint density at radius 2 is 2.20 bits per heavy atom. The van der Waals surface area contributed by atoms with Gasteiger partial charge in [-0.2, -0.15) is 0 Å². The zero-order valence-corrected chi connectivity index (χ0v) is 14.2. The van der Waals surface area contributed by atoms with Crippen LogP contribution in [0.15, 0.2) is 39.0 Å². The second kappa shape index (κ2) is 5.92. The summed E-state index contributed by atoms with van der Waals surface area (Å²) >= 11 is 6.83. The number of aryl methyl sites for hydroxylation is 1. The fourth-order valence-electron chi connectivity index (χ4n) is 2.29. The minimum atomic E-state index is 0.0236. The number of fused-ring (bicyclic) bond motifs is 1. The molecule has 20 heavy (non-hydrogen) atoms. The van der Waals surface area contributed by atoms with Crippen LogP contribution < -0.4 is 5.32 Å². The molecule has 2 nitrogen and oxygen atoms in total. The lowest BCUT2D eigenvalue weighted by molar-refractivity contribution is 0.0939. The molecule has 2 aromatic rings. The van der Waals surface area contributed by atoms with Gasteiger partial charge in [0.15, 0.2) is 0 Å². The molecule has 1 aliphatic rings. The first-order chi connectivity index (χ1) is 9.65. The monoisotopic (exact) mass is 367 g/mol. The molecule has 1 aromatic carbocycles. The van der Waals surface area contributed by atoms with Crippen molar-refractivity contribution in [1.82, 2.24) is 5.32 Å². The number of amides is 1. The highest BCUT2D eigenvalue weighted by Crippen LogP contribution is 2.36. The van der Waals surface area contributed by atoms with Crippen molar-refractivity contribution in [3.8, 4) is 0 Å². The van der Waals surface area contributed by atoms with Gasteiger partial charge < -0.3 is 5.32 Å². The van der Waals surface area contributed by atoms with E-state index in [0.29, 0.717) is 0 Å². The average molecular weight is 368 g/mol. The van der Waals surface area contributed by atoms with Crippen LogP contribution in [0.2, 0.25) is 0 Å². The number of thioether (sulfide) groups is 1. The summed E-state index contributed by atoms with van der Waals surface area (Å²) in [4.78, 5) is 14.4. The van der Waals surface area contributed by atoms with Gasteiger partial charge in [-0.3, -0.25) is 4.79 Å². The molecule has 0 aliphatic carbocycles. The lowest BCUT2D eigenvalue weighted by Gasteiger charge is -2.25. The quantitative estimate of drug-likeness (QED) is 0.826. The summed E-state index contributed by atoms with van der Waals surface area (Å²) in [5, 5.41) is 3.17. The zero-order valence-electron chi connectivity index (χ0n) is 11.0. The highest BCUT2D eigenvalue weighted by molar-refractivity contribution is 9.11. The van der Waals surface area contributed by atoms with Gasteiger partial charge in [-0.15, -0.1) is 23.1 Å². The molecular formula is C15H14BrNOS2. The molecule has 0 radical (unpaired) electrons. The molecule has 0 saturated heterocycles. The molecule has 0 saturated carbocycles. The van der Waals surface area contributed by atoms with Crippen LogP contribution in [0, 0.1) is 6.92 Å². The molecule has 5 heteroatoms. The summed E-state index contributed by atoms with van der Waals surface area (Å²) < 4.78 is 1.03. The summed E-state index contributed by atoms with van der Waals surface area (Å²) in [6.45, 7) is 2.00. The number of halogens is 1. The Morgan fingerprint density at radius 1 is 1.40 bits per heavy atom. The molecule has 1 atom stereocenters. The van der Waals surface area contributed by atoms with Gasteiger partial charge in [0.2, 0.25) is 0 Å². The number of carbonyl (C=O) groups excluding carboxylic acids is 1. The van der Waals surface area contributed by atoms with Crippen molar-refractivity contribution in [2.45, 2.75) is 24.3 Å². The Morgan fingerprint density at radius 3 is 2.95 bits per heavy atom. The number of rotatable bonds is 2. The molecule has 1 unspecified atom stereocenters. The van der Waals surface area contributed by atoms with Crippen molar-refractivity contribution < 1.29 is 4.79 Å². The van der Waals surface area contributed by atoms with Crippen LogP contribution in [0.1, 0.15) is 33.3 Å². The fourth-order valence-corrected chi connectivity index (χ4v) is 4.86. The Labute approximate surface area is 135 Å². The highest BCUT2D eigenvalue weighted by Gasteiger charge is 2.23. The lowest BCUT2D eigenvalue weighted by Crippen LogP contribution is -2.30. The van der Waals surface area contributed by atoms with E-state index in [2.05, 4.69) is 39.4 Å². The van der Waals surface area contributed by atoms with Crippen LogP contribution in [0.4, 0.5) is 0 Å². The van der Waals surface area contributed by atoms with Gasteiger partial charge in [-0.25, -0.2) is 0 Å². The van der Waals surface area contributed by atoms with E-state index in [1.165, 1.54) is 21.8 Å². The van der Waals surface area contributed by atoms with Crippen LogP contribution in [-0.2, 0) is 0 Å². The zero-order chi connectivity index (χ0) is 14.1. The third-order valence-electron chi connectivity index (χ3n) is 3.34. The van der Waals surface area contributed by atoms with Crippen molar-refractivity contribution in [3.63, 3.8) is 0 Å². The van der Waals surface area contributed by atoms with Crippen molar-refractivity contribution in [3.05, 3.63) is 50.1 Å². The number of hydrogen-bond acceptors (Lipinski definition) is 3. The molecule has 1 N–H and O–H groups in total. The minimum Gasteiger partial charge on any atom is -0.344 e. The van der Waals surface area contributed by atoms with Crippen LogP contribution >= 0.6 is 39.0 Å². The van der Waals surface area contributed by atoms with Gasteiger partial charge >= 0.3 is 0 Å². The molecule has 0 fully saturated rings. The van der Waals surface area contributed by atoms with Crippen molar-refractivity contribution in [2.24, 2.45) is 0 Å². The number of thiophene rings is 1. The third-order valence-corrected chi connectivity index (χ3v) is 6.60. The van der Waals surface area contributed by atoms with E-state index in [1.54, 1.807) is 0 Å². The summed E-state index contributed by atoms with van der Waals surface area (Å²) in [5.41, 5.74) is 2.35. The van der Waals surface area contributed by atoms with Gasteiger partial charge in [0.1, 0.15) is 0 Å². The van der Waals surface area contributed by atoms with Gasteiger partial charge in [-0.05, 0) is 52.5 Å². The summed E-state index contributed by atoms with van der Waals surface area (Å²) in [5.74, 6) is 1.07. The van der Waals surface area contributed by atoms with Crippen LogP contribution in [0.5, 0.6) is 0 Å². The first-order valence-corrected chi connectivity index (χ1v) is 9.03. The van der Waals surface area contributed by atoms with Gasteiger partial charge in [0.25, 0.3) is 5.91 Å². The van der Waals surface area contributed by atoms with E-state index < -0.39 is 0 Å². The lowest BCUT2D eigenvalue weighted by atomic mass is 10.0. The molecule has 0 bridgehead atoms. The van der Waals surface area contributed by atoms with Crippen LogP contribution in [0.25, 0.3) is 0 Å². The Bertz CT molecular complexity index is 634. The maximum Gasteiger partial charge on any atom is 0.261 e. The topological polar surface area (TPSA) is 29.1 Å². The largest absolute Gasteiger partial charge is 0.344 e. The molecule has 1 aromatic heterocycles. The van der Waals surface area contributed by atoms with E-state index in [-0.39, 0.29) is 11.9 Å². The Balaban J connectivity index is 1.80. The normalized spacial score (nSPS) is 17.6. The second-order valence-electron chi connectivity index (χ2n) is 4.77. The van der Waals surface area contributed by atoms with Crippen molar-refractivity contribution in [1.29, 1.82) is 0 Å². The summed E-state index contributed by atoms with van der Waals surface area (Å²) in [6.07, 6.45) is 0.985. The molecule has 1 amide bonds. The SMILES string of the molecule is Cc1cc(C(=O)NC2CCSc3ccccc32)sc1Br. The Kier molecular flexibility index (Phi) is 4.19. The maximum atomic E-state index is 12.4. The minimum absolute atomic E-state index is 0.0236. The summed E-state index contributed by atoms with van der Waals surface area (Å²) in [6, 6.07) is 10.4. The fraction of sp³-hybridized carbons (Fsp3) is 0.267. The molecule has 104 valence electrons. The number of benzene rings is 1. The number of nitrogens with one attached hydrogen (secondary N) is 1. The van der Waals surface area contributed by atoms with Gasteiger partial charge in [0.05, 0.1) is 14.7 Å². The molecular weight excluding hydrogens is 354 g/mol. The predicted molar refractivity (Wildman–Crippen MR) is 88.7 cm³/mol. The third kappa shape index (κ3) is 2.80. The van der Waals surface area contributed by atoms with Gasteiger partial charge in [-0.1, -0.05) is 18.2 Å². The molecule has 3 rings (SSSR count). The second-order valence-corrected chi connectivity index (χ2v) is 8.28. The average Bonchev–Trinajstić information content (AvgIpc) is 2.79. The summed E-state index contributed by atoms with van der Waals surface area (Å²) in [7, 11) is 0. The number of carbonyl (C=O) groups is 1. The highest BCUT2D eigenvalue weighted by atomic mass is 79.9. The van der Waals surface area contributed by atoms with Crippen LogP contribution in [-0.4, -0.2) is 11.7 Å². The predicted octanol–water partition coefficient (Wildman–Crippen LogP) is 4.79. The van der Waals surface area contributed by atoms with Crippen molar-refractivity contribution in [2.75, 3.05) is 5.75 Å². The molecule has 1 aliphatic heterocycles. The molecule has 0 spiro atoms. The van der Waals surface area contributed by atoms with Crippen LogP contribution in [0.3, 0.4) is 0 Å². The smallest absolute Gasteiger partial charge is 0.261 e. The van der Waals surface area contributed by atoms with Gasteiger partial charge in [0, 0.05) is 10.6 Å².